The minimum absolute atomic E-state index is 0.0300. The van der Waals surface area contributed by atoms with E-state index in [1.807, 2.05) is 0 Å². The summed E-state index contributed by atoms with van der Waals surface area (Å²) in [5, 5.41) is 8.92. The number of ether oxygens (including phenoxy) is 1. The number of ketones is 1. The molecule has 6 nitrogen and oxygen atoms in total. The summed E-state index contributed by atoms with van der Waals surface area (Å²) in [7, 11) is 1.37. The lowest BCUT2D eigenvalue weighted by Crippen LogP contribution is -2.28. The number of aromatic nitrogens is 1. The van der Waals surface area contributed by atoms with Gasteiger partial charge in [0, 0.05) is 6.07 Å². The number of hydrogen-bond donors (Lipinski definition) is 1. The van der Waals surface area contributed by atoms with Gasteiger partial charge in [0.15, 0.2) is 0 Å². The number of Topliss-reactive ketones (excluding diaryl/α,β-unsaturated/α-hetero) is 1. The predicted octanol–water partition coefficient (Wildman–Crippen LogP) is 0.350. The summed E-state index contributed by atoms with van der Waals surface area (Å²) in [4.78, 5) is 33.7. The van der Waals surface area contributed by atoms with Crippen LogP contribution in [0.2, 0.25) is 0 Å². The lowest BCUT2D eigenvalue weighted by molar-refractivity contribution is -0.118. The zero-order chi connectivity index (χ0) is 11.9. The van der Waals surface area contributed by atoms with Crippen molar-refractivity contribution in [3.05, 3.63) is 17.5 Å². The summed E-state index contributed by atoms with van der Waals surface area (Å²) in [6, 6.07) is 1.26. The Morgan fingerprint density at radius 1 is 1.44 bits per heavy atom. The van der Waals surface area contributed by atoms with E-state index in [2.05, 4.69) is 0 Å². The van der Waals surface area contributed by atoms with Gasteiger partial charge in [-0.1, -0.05) is 0 Å². The monoisotopic (exact) mass is 223 g/mol. The van der Waals surface area contributed by atoms with Crippen LogP contribution in [0, 0.1) is 0 Å². The van der Waals surface area contributed by atoms with Crippen LogP contribution in [-0.4, -0.2) is 34.4 Å². The SMILES string of the molecule is COc1cc(C(=O)O)n2c1CC(=O)CC2=O. The maximum absolute atomic E-state index is 11.6. The number of methoxy groups -OCH3 is 1. The molecule has 0 atom stereocenters. The number of carboxylic acid groups (broad SMARTS) is 1. The molecule has 84 valence electrons. The van der Waals surface area contributed by atoms with Crippen LogP contribution in [-0.2, 0) is 11.2 Å². The fourth-order valence-electron chi connectivity index (χ4n) is 1.81. The molecule has 1 aromatic rings. The zero-order valence-corrected chi connectivity index (χ0v) is 8.52. The molecule has 0 radical (unpaired) electrons. The van der Waals surface area contributed by atoms with Crippen molar-refractivity contribution in [2.45, 2.75) is 12.8 Å². The summed E-state index contributed by atoms with van der Waals surface area (Å²) in [5.74, 6) is -1.70. The molecule has 0 amide bonds. The fraction of sp³-hybridized carbons (Fsp3) is 0.300. The highest BCUT2D eigenvalue weighted by atomic mass is 16.5. The van der Waals surface area contributed by atoms with Crippen molar-refractivity contribution in [2.75, 3.05) is 7.11 Å². The van der Waals surface area contributed by atoms with Gasteiger partial charge in [-0.2, -0.15) is 0 Å². The molecular weight excluding hydrogens is 214 g/mol. The Morgan fingerprint density at radius 2 is 2.12 bits per heavy atom. The Labute approximate surface area is 90.4 Å². The van der Waals surface area contributed by atoms with Gasteiger partial charge in [-0.3, -0.25) is 14.2 Å². The lowest BCUT2D eigenvalue weighted by atomic mass is 10.1. The predicted molar refractivity (Wildman–Crippen MR) is 51.9 cm³/mol. The van der Waals surface area contributed by atoms with E-state index in [0.717, 1.165) is 4.57 Å². The Hall–Kier alpha value is -2.11. The smallest absolute Gasteiger partial charge is 0.353 e. The highest BCUT2D eigenvalue weighted by Crippen LogP contribution is 2.28. The number of rotatable bonds is 2. The molecule has 0 fully saturated rings. The molecule has 0 aromatic carbocycles. The summed E-state index contributed by atoms with van der Waals surface area (Å²) in [5.41, 5.74) is 0.158. The molecule has 2 rings (SSSR count). The first-order valence-corrected chi connectivity index (χ1v) is 4.61. The first kappa shape index (κ1) is 10.4. The summed E-state index contributed by atoms with van der Waals surface area (Å²) >= 11 is 0. The van der Waals surface area contributed by atoms with Gasteiger partial charge in [0.25, 0.3) is 0 Å². The standard InChI is InChI=1S/C10H9NO5/c1-16-8-4-7(10(14)15)11-6(8)2-5(12)3-9(11)13/h4H,2-3H2,1H3,(H,14,15). The van der Waals surface area contributed by atoms with E-state index < -0.39 is 11.9 Å². The third kappa shape index (κ3) is 1.39. The van der Waals surface area contributed by atoms with Crippen LogP contribution in [0.25, 0.3) is 0 Å². The lowest BCUT2D eigenvalue weighted by Gasteiger charge is -2.14. The van der Waals surface area contributed by atoms with Crippen LogP contribution >= 0.6 is 0 Å². The minimum atomic E-state index is -1.22. The normalized spacial score (nSPS) is 14.8. The van der Waals surface area contributed by atoms with Gasteiger partial charge in [0.05, 0.1) is 25.6 Å². The number of carbonyl (C=O) groups is 3. The van der Waals surface area contributed by atoms with Crippen molar-refractivity contribution in [3.8, 4) is 5.75 Å². The summed E-state index contributed by atoms with van der Waals surface area (Å²) < 4.78 is 6.00. The zero-order valence-electron chi connectivity index (χ0n) is 8.52. The second-order valence-corrected chi connectivity index (χ2v) is 3.47. The molecule has 16 heavy (non-hydrogen) atoms. The number of fused-ring (bicyclic) bond motifs is 1. The molecule has 0 spiro atoms. The van der Waals surface area contributed by atoms with Crippen LogP contribution in [0.15, 0.2) is 6.07 Å². The molecule has 1 aromatic heterocycles. The largest absolute Gasteiger partial charge is 0.495 e. The van der Waals surface area contributed by atoms with Crippen LogP contribution in [0.1, 0.15) is 27.4 Å². The molecule has 2 heterocycles. The third-order valence-electron chi connectivity index (χ3n) is 2.46. The van der Waals surface area contributed by atoms with Gasteiger partial charge in [-0.15, -0.1) is 0 Å². The molecule has 0 aliphatic carbocycles. The highest BCUT2D eigenvalue weighted by molar-refractivity contribution is 6.06. The van der Waals surface area contributed by atoms with E-state index in [9.17, 15) is 14.4 Å². The van der Waals surface area contributed by atoms with E-state index in [1.54, 1.807) is 0 Å². The number of hydrogen-bond acceptors (Lipinski definition) is 4. The van der Waals surface area contributed by atoms with Gasteiger partial charge in [-0.25, -0.2) is 4.79 Å². The van der Waals surface area contributed by atoms with Crippen molar-refractivity contribution >= 4 is 17.7 Å². The maximum atomic E-state index is 11.6. The Morgan fingerprint density at radius 3 is 2.69 bits per heavy atom. The van der Waals surface area contributed by atoms with Crippen molar-refractivity contribution < 1.29 is 24.2 Å². The number of nitrogens with zero attached hydrogens (tertiary/aromatic N) is 1. The van der Waals surface area contributed by atoms with E-state index in [4.69, 9.17) is 9.84 Å². The quantitative estimate of drug-likeness (QED) is 0.731. The molecule has 0 saturated heterocycles. The van der Waals surface area contributed by atoms with E-state index in [1.165, 1.54) is 13.2 Å². The van der Waals surface area contributed by atoms with Gasteiger partial charge < -0.3 is 9.84 Å². The first-order valence-electron chi connectivity index (χ1n) is 4.61. The van der Waals surface area contributed by atoms with E-state index in [0.29, 0.717) is 5.69 Å². The van der Waals surface area contributed by atoms with Crippen LogP contribution in [0.5, 0.6) is 5.75 Å². The van der Waals surface area contributed by atoms with E-state index in [-0.39, 0.29) is 30.1 Å². The molecule has 0 unspecified atom stereocenters. The van der Waals surface area contributed by atoms with Gasteiger partial charge in [0.1, 0.15) is 17.2 Å². The second-order valence-electron chi connectivity index (χ2n) is 3.47. The Balaban J connectivity index is 2.66. The molecule has 1 aliphatic heterocycles. The molecule has 0 saturated carbocycles. The van der Waals surface area contributed by atoms with Crippen molar-refractivity contribution in [1.82, 2.24) is 4.57 Å². The highest BCUT2D eigenvalue weighted by Gasteiger charge is 2.30. The Kier molecular flexibility index (Phi) is 2.26. The Bertz CT molecular complexity index is 500. The summed E-state index contributed by atoms with van der Waals surface area (Å²) in [6.07, 6.45) is -0.229. The number of aromatic carboxylic acids is 1. The van der Waals surface area contributed by atoms with E-state index >= 15 is 0 Å². The fourth-order valence-corrected chi connectivity index (χ4v) is 1.81. The van der Waals surface area contributed by atoms with Crippen LogP contribution < -0.4 is 4.74 Å². The molecule has 1 N–H and O–H groups in total. The minimum Gasteiger partial charge on any atom is -0.495 e. The molecule has 6 heteroatoms. The second kappa shape index (κ2) is 3.48. The molecule has 1 aliphatic rings. The average Bonchev–Trinajstić information content (AvgIpc) is 2.56. The molecular formula is C10H9NO5. The first-order chi connectivity index (χ1) is 7.54. The average molecular weight is 223 g/mol. The van der Waals surface area contributed by atoms with Crippen LogP contribution in [0.3, 0.4) is 0 Å². The maximum Gasteiger partial charge on any atom is 0.353 e. The van der Waals surface area contributed by atoms with Crippen molar-refractivity contribution in [3.63, 3.8) is 0 Å². The molecule has 0 bridgehead atoms. The van der Waals surface area contributed by atoms with Gasteiger partial charge in [0.2, 0.25) is 5.91 Å². The number of carboxylic acids is 1. The number of carbonyl (C=O) groups excluding carboxylic acids is 2. The van der Waals surface area contributed by atoms with Gasteiger partial charge in [-0.05, 0) is 0 Å². The van der Waals surface area contributed by atoms with Crippen molar-refractivity contribution in [1.29, 1.82) is 0 Å². The van der Waals surface area contributed by atoms with Gasteiger partial charge >= 0.3 is 5.97 Å². The summed E-state index contributed by atoms with van der Waals surface area (Å²) in [6.45, 7) is 0. The third-order valence-corrected chi connectivity index (χ3v) is 2.46. The van der Waals surface area contributed by atoms with Crippen molar-refractivity contribution in [2.24, 2.45) is 0 Å². The van der Waals surface area contributed by atoms with Crippen LogP contribution in [0.4, 0.5) is 0 Å². The topological polar surface area (TPSA) is 85.6 Å².